The molecule has 0 fully saturated rings. The van der Waals surface area contributed by atoms with Crippen molar-refractivity contribution in [3.8, 4) is 44.9 Å². The van der Waals surface area contributed by atoms with Gasteiger partial charge in [-0.3, -0.25) is 29.3 Å². The van der Waals surface area contributed by atoms with Crippen LogP contribution in [0.3, 0.4) is 0 Å². The molecule has 0 aliphatic rings. The number of hydrogen-bond donors (Lipinski definition) is 3. The zero-order valence-electron chi connectivity index (χ0n) is 59.2. The maximum atomic E-state index is 11.0. The molecular formula is C87H86Ir4N3O6-5. The predicted octanol–water partition coefficient (Wildman–Crippen LogP) is 21.7. The van der Waals surface area contributed by atoms with Crippen molar-refractivity contribution in [2.45, 2.75) is 104 Å². The Balaban J connectivity index is 0.000000405. The van der Waals surface area contributed by atoms with Crippen LogP contribution < -0.4 is 0 Å². The third kappa shape index (κ3) is 29.5. The smallest absolute Gasteiger partial charge is 0.161 e. The third-order valence-corrected chi connectivity index (χ3v) is 14.4. The molecule has 12 rings (SSSR count). The summed E-state index contributed by atoms with van der Waals surface area (Å²) in [5.74, 6) is 0.0356. The molecule has 0 spiro atoms. The van der Waals surface area contributed by atoms with Gasteiger partial charge in [-0.25, -0.2) is 5.56 Å². The molecule has 4 radical (unpaired) electrons. The molecule has 3 N–H and O–H groups in total. The number of carbonyl (C=O) groups is 3. The first-order valence-corrected chi connectivity index (χ1v) is 31.9. The first kappa shape index (κ1) is 87.8. The molecule has 0 saturated heterocycles. The summed E-state index contributed by atoms with van der Waals surface area (Å²) in [5.41, 5.74) is 20.0. The molecule has 0 aliphatic carbocycles. The van der Waals surface area contributed by atoms with Crippen LogP contribution in [-0.2, 0) is 94.8 Å². The van der Waals surface area contributed by atoms with Gasteiger partial charge in [-0.05, 0) is 104 Å². The van der Waals surface area contributed by atoms with Crippen LogP contribution in [0.15, 0.2) is 236 Å². The topological polar surface area (TPSA) is 151 Å². The average Bonchev–Trinajstić information content (AvgIpc) is 0.834. The van der Waals surface area contributed by atoms with Crippen LogP contribution in [0.2, 0.25) is 0 Å². The Bertz CT molecular complexity index is 4640. The molecule has 0 saturated carbocycles. The van der Waals surface area contributed by atoms with Crippen LogP contribution in [-0.4, -0.2) is 47.6 Å². The van der Waals surface area contributed by atoms with Crippen molar-refractivity contribution in [1.29, 1.82) is 0 Å². The molecule has 526 valence electrons. The minimum absolute atomic E-state index is 0. The van der Waals surface area contributed by atoms with E-state index in [1.54, 1.807) is 0 Å². The third-order valence-electron chi connectivity index (χ3n) is 14.4. The van der Waals surface area contributed by atoms with E-state index < -0.39 is 0 Å². The van der Waals surface area contributed by atoms with Gasteiger partial charge >= 0.3 is 0 Å². The van der Waals surface area contributed by atoms with Crippen molar-refractivity contribution in [1.82, 2.24) is 15.0 Å². The number of fused-ring (bicyclic) bond motifs is 4. The Kier molecular flexibility index (Phi) is 38.7. The zero-order valence-corrected chi connectivity index (χ0v) is 68.8. The van der Waals surface area contributed by atoms with Crippen molar-refractivity contribution in [2.24, 2.45) is 11.8 Å². The molecule has 3 aromatic heterocycles. The number of nitrogens with zero attached hydrogens (tertiary/aromatic N) is 3. The van der Waals surface area contributed by atoms with Crippen molar-refractivity contribution >= 4 is 60.8 Å². The summed E-state index contributed by atoms with van der Waals surface area (Å²) in [4.78, 5) is 45.2. The number of aliphatic hydroxyl groups excluding tert-OH is 3. The molecule has 3 heterocycles. The van der Waals surface area contributed by atoms with Crippen LogP contribution in [0.4, 0.5) is 0 Å². The van der Waals surface area contributed by atoms with Gasteiger partial charge in [0.25, 0.3) is 0 Å². The van der Waals surface area contributed by atoms with Gasteiger partial charge in [0.05, 0.1) is 33.8 Å². The minimum Gasteiger partial charge on any atom is -0.512 e. The van der Waals surface area contributed by atoms with Gasteiger partial charge in [-0.15, -0.1) is 129 Å². The molecule has 13 heteroatoms. The Labute approximate surface area is 645 Å². The SMILES string of the molecule is CC(=O)C=C(C)O.CC(=O)C=C(C)O.CC(C)C(=O)C=C(O)C(C)C.Cc1[c-]c(-c2ccc3ccc(C)cc3n2)cc(C)c1.Cc1[c-]c(-c2ccc3ccccc3n2)cc(C)c1.Cc1cc2ccccc2[c-]c1-c1[c-]cccc1.Cc1ccc2ccc(-c3[c-]cccc3)nc2c1.[Ir].[Ir].[Ir].[Ir]. The van der Waals surface area contributed by atoms with Gasteiger partial charge in [0.15, 0.2) is 17.3 Å². The number of aromatic nitrogens is 3. The molecule has 100 heavy (non-hydrogen) atoms. The van der Waals surface area contributed by atoms with E-state index in [1.807, 2.05) is 100 Å². The fourth-order valence-corrected chi connectivity index (χ4v) is 9.76. The largest absolute Gasteiger partial charge is 0.512 e. The fourth-order valence-electron chi connectivity index (χ4n) is 9.76. The normalized spacial score (nSPS) is 10.6. The van der Waals surface area contributed by atoms with E-state index in [1.165, 1.54) is 95.3 Å². The van der Waals surface area contributed by atoms with Crippen LogP contribution in [0.1, 0.15) is 94.3 Å². The van der Waals surface area contributed by atoms with Crippen LogP contribution in [0.5, 0.6) is 0 Å². The Morgan fingerprint density at radius 2 is 0.780 bits per heavy atom. The van der Waals surface area contributed by atoms with E-state index in [9.17, 15) is 19.5 Å². The molecule has 9 nitrogen and oxygen atoms in total. The maximum Gasteiger partial charge on any atom is 0.161 e. The second kappa shape index (κ2) is 44.1. The van der Waals surface area contributed by atoms with E-state index >= 15 is 0 Å². The number of benzene rings is 9. The predicted molar refractivity (Wildman–Crippen MR) is 398 cm³/mol. The number of allylic oxidation sites excluding steroid dienone is 6. The van der Waals surface area contributed by atoms with E-state index in [0.717, 1.165) is 78.0 Å². The fraction of sp³-hybridized carbons (Fsp3) is 0.195. The van der Waals surface area contributed by atoms with E-state index in [2.05, 4.69) is 211 Å². The molecule has 0 aliphatic heterocycles. The summed E-state index contributed by atoms with van der Waals surface area (Å²) >= 11 is 0. The van der Waals surface area contributed by atoms with Crippen molar-refractivity contribution in [3.05, 3.63) is 305 Å². The van der Waals surface area contributed by atoms with E-state index in [0.29, 0.717) is 0 Å². The van der Waals surface area contributed by atoms with Crippen LogP contribution in [0, 0.1) is 90.6 Å². The van der Waals surface area contributed by atoms with E-state index in [-0.39, 0.29) is 127 Å². The van der Waals surface area contributed by atoms with Gasteiger partial charge in [0, 0.05) is 110 Å². The zero-order chi connectivity index (χ0) is 70.0. The summed E-state index contributed by atoms with van der Waals surface area (Å²) in [7, 11) is 0. The maximum absolute atomic E-state index is 11.0. The molecule has 0 atom stereocenters. The standard InChI is InChI=1S/C18H16N.C17H14N.C17H12.C16H12N.C9H16O2.2C5H8O2.4Ir/c1-12-4-5-15-6-7-17(19-18(15)11-12)16-9-13(2)8-14(3)10-16;1-12-9-13(2)11-15(10-12)17-8-7-14-5-3-4-6-16(14)18-17;1-13-11-15-9-5-6-10-16(15)12-17(13)14-7-3-2-4-8-14;1-12-7-8-14-9-10-15(17-16(14)11-12)13-5-3-2-4-6-13;1-6(2)8(10)5-9(11)7(3)4;2*1-4(6)3-5(2)7;;;;/h4-9,11H,1-3H3;3-10H,1-2H3;2-7,9-11H,1H3;2-5,7-11H,1H3;5-7,10H,1-4H3;2*3,6H,1-2H3;;;;/q2*-1;-2;-1;;;;;;;. The Morgan fingerprint density at radius 1 is 0.380 bits per heavy atom. The summed E-state index contributed by atoms with van der Waals surface area (Å²) < 4.78 is 0. The number of aliphatic hydroxyl groups is 3. The number of rotatable bonds is 9. The molecular weight excluding hydrogens is 1950 g/mol. The quantitative estimate of drug-likeness (QED) is 0.0729. The average molecular weight is 2040 g/mol. The molecule has 0 bridgehead atoms. The first-order chi connectivity index (χ1) is 45.7. The van der Waals surface area contributed by atoms with Gasteiger partial charge in [-0.2, -0.15) is 41.5 Å². The van der Waals surface area contributed by atoms with Crippen LogP contribution >= 0.6 is 0 Å². The molecule has 0 amide bonds. The number of pyridine rings is 3. The number of carbonyl (C=O) groups excluding carboxylic acids is 3. The molecule has 12 aromatic rings. The van der Waals surface area contributed by atoms with E-state index in [4.69, 9.17) is 20.2 Å². The number of aryl methyl sites for hydroxylation is 7. The van der Waals surface area contributed by atoms with Gasteiger partial charge in [-0.1, -0.05) is 165 Å². The van der Waals surface area contributed by atoms with Gasteiger partial charge < -0.3 is 15.3 Å². The van der Waals surface area contributed by atoms with Crippen molar-refractivity contribution in [3.63, 3.8) is 0 Å². The summed E-state index contributed by atoms with van der Waals surface area (Å²) in [5, 5.41) is 31.8. The Hall–Kier alpha value is -8.30. The molecule has 9 aromatic carbocycles. The monoisotopic (exact) mass is 2040 g/mol. The second-order valence-corrected chi connectivity index (χ2v) is 24.2. The summed E-state index contributed by atoms with van der Waals surface area (Å²) in [6.45, 7) is 27.7. The van der Waals surface area contributed by atoms with Crippen molar-refractivity contribution in [2.75, 3.05) is 0 Å². The number of ketones is 3. The second-order valence-electron chi connectivity index (χ2n) is 24.2. The van der Waals surface area contributed by atoms with Gasteiger partial charge in [0.2, 0.25) is 0 Å². The number of hydrogen-bond acceptors (Lipinski definition) is 9. The summed E-state index contributed by atoms with van der Waals surface area (Å²) in [6.07, 6.45) is 3.65. The minimum atomic E-state index is -0.125. The molecule has 0 unspecified atom stereocenters. The number of para-hydroxylation sites is 1. The Morgan fingerprint density at radius 3 is 1.19 bits per heavy atom. The van der Waals surface area contributed by atoms with Crippen molar-refractivity contribution < 1.29 is 110 Å². The first-order valence-electron chi connectivity index (χ1n) is 31.9. The van der Waals surface area contributed by atoms with Gasteiger partial charge in [0.1, 0.15) is 0 Å². The summed E-state index contributed by atoms with van der Waals surface area (Å²) in [6, 6.07) is 85.1. The van der Waals surface area contributed by atoms with Crippen LogP contribution in [0.25, 0.3) is 88.4 Å².